The zero-order valence-electron chi connectivity index (χ0n) is 13.7. The molecular weight excluding hydrogens is 284 g/mol. The number of rotatable bonds is 6. The molecule has 0 fully saturated rings. The van der Waals surface area contributed by atoms with Crippen LogP contribution >= 0.6 is 0 Å². The molecule has 0 bridgehead atoms. The number of fused-ring (bicyclic) bond motifs is 1. The molecule has 2 aromatic rings. The summed E-state index contributed by atoms with van der Waals surface area (Å²) in [4.78, 5) is 11.9. The van der Waals surface area contributed by atoms with E-state index >= 15 is 0 Å². The predicted octanol–water partition coefficient (Wildman–Crippen LogP) is 5.30. The highest BCUT2D eigenvalue weighted by Crippen LogP contribution is 2.47. The number of ether oxygens (including phenoxy) is 1. The van der Waals surface area contributed by atoms with Crippen LogP contribution in [0, 0.1) is 5.92 Å². The summed E-state index contributed by atoms with van der Waals surface area (Å²) >= 11 is 0. The molecule has 3 rings (SSSR count). The lowest BCUT2D eigenvalue weighted by molar-refractivity contribution is -0.111. The van der Waals surface area contributed by atoms with Crippen molar-refractivity contribution in [2.24, 2.45) is 5.92 Å². The van der Waals surface area contributed by atoms with Crippen molar-refractivity contribution in [2.75, 3.05) is 0 Å². The molecule has 120 valence electrons. The largest absolute Gasteiger partial charge is 0.485 e. The first-order valence-corrected chi connectivity index (χ1v) is 8.61. The van der Waals surface area contributed by atoms with E-state index in [2.05, 4.69) is 19.1 Å². The van der Waals surface area contributed by atoms with Gasteiger partial charge < -0.3 is 9.53 Å². The van der Waals surface area contributed by atoms with Crippen LogP contribution in [0.4, 0.5) is 0 Å². The Kier molecular flexibility index (Phi) is 5.12. The summed E-state index contributed by atoms with van der Waals surface area (Å²) < 4.78 is 6.33. The Morgan fingerprint density at radius 2 is 1.74 bits per heavy atom. The Hall–Kier alpha value is -2.09. The second-order valence-corrected chi connectivity index (χ2v) is 6.31. The molecular formula is C21H24O2. The lowest BCUT2D eigenvalue weighted by Crippen LogP contribution is -2.30. The first-order valence-electron chi connectivity index (χ1n) is 8.61. The fourth-order valence-electron chi connectivity index (χ4n) is 3.60. The van der Waals surface area contributed by atoms with Gasteiger partial charge in [-0.2, -0.15) is 0 Å². The van der Waals surface area contributed by atoms with Gasteiger partial charge >= 0.3 is 0 Å². The molecule has 0 radical (unpaired) electrons. The summed E-state index contributed by atoms with van der Waals surface area (Å²) in [5, 5.41) is 0. The van der Waals surface area contributed by atoms with Crippen LogP contribution in [0.15, 0.2) is 54.6 Å². The number of carbonyl (C=O) groups excluding carboxylic acids is 1. The van der Waals surface area contributed by atoms with E-state index < -0.39 is 0 Å². The first-order chi connectivity index (χ1) is 11.3. The van der Waals surface area contributed by atoms with Crippen molar-refractivity contribution in [3.05, 3.63) is 65.7 Å². The van der Waals surface area contributed by atoms with E-state index in [1.54, 1.807) is 0 Å². The number of hydrogen-bond acceptors (Lipinski definition) is 2. The maximum absolute atomic E-state index is 11.9. The molecule has 2 aromatic carbocycles. The monoisotopic (exact) mass is 308 g/mol. The van der Waals surface area contributed by atoms with Crippen molar-refractivity contribution in [2.45, 2.75) is 44.6 Å². The van der Waals surface area contributed by atoms with Gasteiger partial charge in [0.05, 0.1) is 0 Å². The van der Waals surface area contributed by atoms with Crippen molar-refractivity contribution in [1.82, 2.24) is 0 Å². The average molecular weight is 308 g/mol. The number of hydrogen-bond donors (Lipinski definition) is 0. The van der Waals surface area contributed by atoms with E-state index in [0.29, 0.717) is 0 Å². The summed E-state index contributed by atoms with van der Waals surface area (Å²) in [6, 6.07) is 18.3. The molecule has 1 aliphatic heterocycles. The van der Waals surface area contributed by atoms with Gasteiger partial charge in [-0.05, 0) is 18.1 Å². The zero-order chi connectivity index (χ0) is 16.1. The Labute approximate surface area is 138 Å². The molecule has 1 heterocycles. The number of carbonyl (C=O) groups is 1. The maximum atomic E-state index is 11.9. The van der Waals surface area contributed by atoms with Gasteiger partial charge in [-0.1, -0.05) is 74.7 Å². The molecule has 0 saturated carbocycles. The van der Waals surface area contributed by atoms with Crippen LogP contribution < -0.4 is 4.74 Å². The predicted molar refractivity (Wildman–Crippen MR) is 92.7 cm³/mol. The van der Waals surface area contributed by atoms with Gasteiger partial charge in [-0.25, -0.2) is 0 Å². The van der Waals surface area contributed by atoms with Crippen molar-refractivity contribution < 1.29 is 9.53 Å². The van der Waals surface area contributed by atoms with E-state index in [1.165, 1.54) is 12.8 Å². The van der Waals surface area contributed by atoms with Gasteiger partial charge in [-0.3, -0.25) is 0 Å². The second-order valence-electron chi connectivity index (χ2n) is 6.31. The van der Waals surface area contributed by atoms with Crippen molar-refractivity contribution in [3.63, 3.8) is 0 Å². The Morgan fingerprint density at radius 3 is 2.48 bits per heavy atom. The van der Waals surface area contributed by atoms with Gasteiger partial charge in [-0.15, -0.1) is 0 Å². The SMILES string of the molecule is CCCCCC1C(C=O)c2ccccc2OC1c1ccccc1. The van der Waals surface area contributed by atoms with Crippen LogP contribution in [-0.2, 0) is 4.79 Å². The second kappa shape index (κ2) is 7.45. The molecule has 2 heteroatoms. The van der Waals surface area contributed by atoms with E-state index in [0.717, 1.165) is 36.0 Å². The van der Waals surface area contributed by atoms with Crippen molar-refractivity contribution in [1.29, 1.82) is 0 Å². The lowest BCUT2D eigenvalue weighted by atomic mass is 9.76. The van der Waals surface area contributed by atoms with Crippen LogP contribution in [0.2, 0.25) is 0 Å². The smallest absolute Gasteiger partial charge is 0.128 e. The maximum Gasteiger partial charge on any atom is 0.128 e. The summed E-state index contributed by atoms with van der Waals surface area (Å²) in [6.07, 6.45) is 5.62. The summed E-state index contributed by atoms with van der Waals surface area (Å²) in [6.45, 7) is 2.21. The molecule has 2 nitrogen and oxygen atoms in total. The zero-order valence-corrected chi connectivity index (χ0v) is 13.7. The van der Waals surface area contributed by atoms with E-state index in [9.17, 15) is 4.79 Å². The van der Waals surface area contributed by atoms with Crippen molar-refractivity contribution >= 4 is 6.29 Å². The highest BCUT2D eigenvalue weighted by Gasteiger charge is 2.38. The van der Waals surface area contributed by atoms with Gasteiger partial charge in [0.25, 0.3) is 0 Å². The summed E-state index contributed by atoms with van der Waals surface area (Å²) in [5.41, 5.74) is 2.20. The Bertz CT molecular complexity index is 635. The average Bonchev–Trinajstić information content (AvgIpc) is 2.62. The number of para-hydroxylation sites is 1. The fraction of sp³-hybridized carbons (Fsp3) is 0.381. The highest BCUT2D eigenvalue weighted by molar-refractivity contribution is 5.66. The van der Waals surface area contributed by atoms with Gasteiger partial charge in [0, 0.05) is 17.4 Å². The molecule has 3 unspecified atom stereocenters. The minimum atomic E-state index is -0.0815. The normalized spacial score (nSPS) is 22.9. The molecule has 0 aromatic heterocycles. The molecule has 0 amide bonds. The fourth-order valence-corrected chi connectivity index (χ4v) is 3.60. The van der Waals surface area contributed by atoms with Gasteiger partial charge in [0.15, 0.2) is 0 Å². The van der Waals surface area contributed by atoms with Gasteiger partial charge in [0.2, 0.25) is 0 Å². The van der Waals surface area contributed by atoms with Crippen LogP contribution in [0.5, 0.6) is 5.75 Å². The first kappa shape index (κ1) is 15.8. The molecule has 0 aliphatic carbocycles. The Balaban J connectivity index is 1.97. The van der Waals surface area contributed by atoms with Crippen LogP contribution in [-0.4, -0.2) is 6.29 Å². The summed E-state index contributed by atoms with van der Waals surface area (Å²) in [5.74, 6) is 0.976. The highest BCUT2D eigenvalue weighted by atomic mass is 16.5. The molecule has 0 spiro atoms. The number of aldehydes is 1. The van der Waals surface area contributed by atoms with Crippen LogP contribution in [0.1, 0.15) is 55.8 Å². The van der Waals surface area contributed by atoms with Crippen LogP contribution in [0.25, 0.3) is 0 Å². The van der Waals surface area contributed by atoms with E-state index in [-0.39, 0.29) is 17.9 Å². The minimum absolute atomic E-state index is 0.0434. The minimum Gasteiger partial charge on any atom is -0.485 e. The molecule has 3 atom stereocenters. The molecule has 1 aliphatic rings. The quantitative estimate of drug-likeness (QED) is 0.534. The topological polar surface area (TPSA) is 26.3 Å². The third-order valence-corrected chi connectivity index (χ3v) is 4.80. The van der Waals surface area contributed by atoms with E-state index in [4.69, 9.17) is 4.74 Å². The third kappa shape index (κ3) is 3.31. The Morgan fingerprint density at radius 1 is 1.00 bits per heavy atom. The molecule has 0 saturated heterocycles. The summed E-state index contributed by atoms with van der Waals surface area (Å²) in [7, 11) is 0. The lowest BCUT2D eigenvalue weighted by Gasteiger charge is -2.38. The third-order valence-electron chi connectivity index (χ3n) is 4.80. The molecule has 23 heavy (non-hydrogen) atoms. The number of benzene rings is 2. The molecule has 0 N–H and O–H groups in total. The number of unbranched alkanes of at least 4 members (excludes halogenated alkanes) is 2. The standard InChI is InChI=1S/C21H24O2/c1-2-3-5-13-18-19(15-22)17-12-8-9-14-20(17)23-21(18)16-10-6-4-7-11-16/h4,6-12,14-15,18-19,21H,2-3,5,13H2,1H3. The van der Waals surface area contributed by atoms with Crippen molar-refractivity contribution in [3.8, 4) is 5.75 Å². The van der Waals surface area contributed by atoms with Crippen LogP contribution in [0.3, 0.4) is 0 Å². The van der Waals surface area contributed by atoms with Gasteiger partial charge in [0.1, 0.15) is 18.1 Å². The van der Waals surface area contributed by atoms with E-state index in [1.807, 2.05) is 42.5 Å².